The minimum Gasteiger partial charge on any atom is -0.467 e. The number of ether oxygens (including phenoxy) is 3. The molecule has 1 heterocycles. The number of hydrogen-bond donors (Lipinski definition) is 1. The predicted octanol–water partition coefficient (Wildman–Crippen LogP) is 2.46. The number of likely N-dealkylation sites (tertiary alicyclic amines) is 1. The van der Waals surface area contributed by atoms with Crippen molar-refractivity contribution in [3.63, 3.8) is 0 Å². The molecule has 148 valence electrons. The summed E-state index contributed by atoms with van der Waals surface area (Å²) in [7, 11) is 1.25. The average molecular weight is 378 g/mol. The maximum atomic E-state index is 12.4. The fourth-order valence-corrected chi connectivity index (χ4v) is 2.75. The van der Waals surface area contributed by atoms with Crippen molar-refractivity contribution in [1.29, 1.82) is 0 Å². The standard InChI is InChI=1S/C19H26N2O6/c1-19(2,3)27-18(24)21-11-14(10-15(21)16(22)25-4)20-17(23)26-12-13-8-6-5-7-9-13/h5-9,14-15H,10-12H2,1-4H3,(H,20,23)/t14-,15+/m0/s1. The molecule has 1 aromatic rings. The van der Waals surface area contributed by atoms with Crippen molar-refractivity contribution >= 4 is 18.2 Å². The lowest BCUT2D eigenvalue weighted by molar-refractivity contribution is -0.145. The summed E-state index contributed by atoms with van der Waals surface area (Å²) in [5.74, 6) is -0.553. The summed E-state index contributed by atoms with van der Waals surface area (Å²) in [6.45, 7) is 5.49. The number of methoxy groups -OCH3 is 1. The molecule has 0 bridgehead atoms. The van der Waals surface area contributed by atoms with E-state index >= 15 is 0 Å². The van der Waals surface area contributed by atoms with Crippen LogP contribution in [0.25, 0.3) is 0 Å². The SMILES string of the molecule is COC(=O)[C@H]1C[C@H](NC(=O)OCc2ccccc2)CN1C(=O)OC(C)(C)C. The van der Waals surface area contributed by atoms with Crippen LogP contribution in [-0.2, 0) is 25.6 Å². The smallest absolute Gasteiger partial charge is 0.411 e. The number of benzene rings is 1. The Morgan fingerprint density at radius 2 is 1.85 bits per heavy atom. The van der Waals surface area contributed by atoms with Gasteiger partial charge in [0.05, 0.1) is 13.2 Å². The van der Waals surface area contributed by atoms with Gasteiger partial charge in [0.15, 0.2) is 0 Å². The second-order valence-electron chi connectivity index (χ2n) is 7.31. The van der Waals surface area contributed by atoms with Gasteiger partial charge in [0, 0.05) is 13.0 Å². The lowest BCUT2D eigenvalue weighted by Crippen LogP contribution is -2.44. The number of carbonyl (C=O) groups is 3. The fraction of sp³-hybridized carbons (Fsp3) is 0.526. The van der Waals surface area contributed by atoms with E-state index in [1.54, 1.807) is 20.8 Å². The Morgan fingerprint density at radius 1 is 1.19 bits per heavy atom. The zero-order chi connectivity index (χ0) is 20.0. The Hall–Kier alpha value is -2.77. The topological polar surface area (TPSA) is 94.2 Å². The highest BCUT2D eigenvalue weighted by Crippen LogP contribution is 2.22. The van der Waals surface area contributed by atoms with E-state index in [-0.39, 0.29) is 19.6 Å². The highest BCUT2D eigenvalue weighted by molar-refractivity contribution is 5.82. The fourth-order valence-electron chi connectivity index (χ4n) is 2.75. The van der Waals surface area contributed by atoms with Gasteiger partial charge in [-0.15, -0.1) is 0 Å². The van der Waals surface area contributed by atoms with Crippen LogP contribution in [0.3, 0.4) is 0 Å². The normalized spacial score (nSPS) is 19.3. The molecule has 27 heavy (non-hydrogen) atoms. The van der Waals surface area contributed by atoms with Crippen molar-refractivity contribution < 1.29 is 28.6 Å². The molecule has 0 radical (unpaired) electrons. The van der Waals surface area contributed by atoms with E-state index in [0.717, 1.165) is 5.56 Å². The molecule has 0 saturated carbocycles. The van der Waals surface area contributed by atoms with Crippen LogP contribution in [0.5, 0.6) is 0 Å². The molecule has 0 aromatic heterocycles. The highest BCUT2D eigenvalue weighted by atomic mass is 16.6. The van der Waals surface area contributed by atoms with E-state index in [1.807, 2.05) is 30.3 Å². The van der Waals surface area contributed by atoms with Gasteiger partial charge in [-0.2, -0.15) is 0 Å². The number of carbonyl (C=O) groups excluding carboxylic acids is 3. The van der Waals surface area contributed by atoms with Crippen molar-refractivity contribution in [2.75, 3.05) is 13.7 Å². The number of esters is 1. The molecule has 0 spiro atoms. The van der Waals surface area contributed by atoms with Gasteiger partial charge < -0.3 is 19.5 Å². The van der Waals surface area contributed by atoms with E-state index in [2.05, 4.69) is 5.32 Å². The molecule has 1 N–H and O–H groups in total. The number of nitrogens with zero attached hydrogens (tertiary/aromatic N) is 1. The first-order chi connectivity index (χ1) is 12.7. The van der Waals surface area contributed by atoms with Gasteiger partial charge in [0.2, 0.25) is 0 Å². The Labute approximate surface area is 158 Å². The van der Waals surface area contributed by atoms with E-state index in [9.17, 15) is 14.4 Å². The van der Waals surface area contributed by atoms with Crippen LogP contribution in [0.2, 0.25) is 0 Å². The quantitative estimate of drug-likeness (QED) is 0.639. The van der Waals surface area contributed by atoms with Crippen LogP contribution in [0.4, 0.5) is 9.59 Å². The van der Waals surface area contributed by atoms with Gasteiger partial charge >= 0.3 is 18.2 Å². The number of hydrogen-bond acceptors (Lipinski definition) is 6. The van der Waals surface area contributed by atoms with E-state index < -0.39 is 35.8 Å². The molecule has 0 unspecified atom stereocenters. The Kier molecular flexibility index (Phi) is 6.65. The number of rotatable bonds is 4. The van der Waals surface area contributed by atoms with Crippen LogP contribution >= 0.6 is 0 Å². The lowest BCUT2D eigenvalue weighted by atomic mass is 10.2. The second kappa shape index (κ2) is 8.75. The van der Waals surface area contributed by atoms with Gasteiger partial charge in [-0.1, -0.05) is 30.3 Å². The molecular formula is C19H26N2O6. The zero-order valence-corrected chi connectivity index (χ0v) is 16.1. The molecule has 8 heteroatoms. The lowest BCUT2D eigenvalue weighted by Gasteiger charge is -2.27. The van der Waals surface area contributed by atoms with Crippen LogP contribution in [-0.4, -0.2) is 54.4 Å². The van der Waals surface area contributed by atoms with E-state index in [4.69, 9.17) is 14.2 Å². The zero-order valence-electron chi connectivity index (χ0n) is 16.1. The van der Waals surface area contributed by atoms with Crippen molar-refractivity contribution in [3.8, 4) is 0 Å². The van der Waals surface area contributed by atoms with Crippen molar-refractivity contribution in [2.45, 2.75) is 51.5 Å². The highest BCUT2D eigenvalue weighted by Gasteiger charge is 2.42. The maximum absolute atomic E-state index is 12.4. The van der Waals surface area contributed by atoms with Crippen LogP contribution in [0.15, 0.2) is 30.3 Å². The van der Waals surface area contributed by atoms with Gasteiger partial charge in [0.25, 0.3) is 0 Å². The van der Waals surface area contributed by atoms with Gasteiger partial charge in [-0.3, -0.25) is 4.90 Å². The van der Waals surface area contributed by atoms with Crippen molar-refractivity contribution in [1.82, 2.24) is 10.2 Å². The summed E-state index contributed by atoms with van der Waals surface area (Å²) >= 11 is 0. The molecule has 0 aliphatic carbocycles. The molecule has 1 fully saturated rings. The van der Waals surface area contributed by atoms with Crippen LogP contribution < -0.4 is 5.32 Å². The summed E-state index contributed by atoms with van der Waals surface area (Å²) in [4.78, 5) is 37.7. The largest absolute Gasteiger partial charge is 0.467 e. The minimum absolute atomic E-state index is 0.134. The molecule has 8 nitrogen and oxygen atoms in total. The monoisotopic (exact) mass is 378 g/mol. The number of nitrogens with one attached hydrogen (secondary N) is 1. The van der Waals surface area contributed by atoms with E-state index in [1.165, 1.54) is 12.0 Å². The summed E-state index contributed by atoms with van der Waals surface area (Å²) < 4.78 is 15.3. The molecule has 2 amide bonds. The molecular weight excluding hydrogens is 352 g/mol. The third kappa shape index (κ3) is 6.16. The molecule has 1 aliphatic rings. The molecule has 2 rings (SSSR count). The Balaban J connectivity index is 1.94. The van der Waals surface area contributed by atoms with Gasteiger partial charge in [-0.05, 0) is 26.3 Å². The van der Waals surface area contributed by atoms with Crippen LogP contribution in [0, 0.1) is 0 Å². The first-order valence-electron chi connectivity index (χ1n) is 8.74. The van der Waals surface area contributed by atoms with Crippen molar-refractivity contribution in [3.05, 3.63) is 35.9 Å². The first kappa shape index (κ1) is 20.5. The average Bonchev–Trinajstić information content (AvgIpc) is 3.02. The third-order valence-electron chi connectivity index (χ3n) is 3.94. The van der Waals surface area contributed by atoms with E-state index in [0.29, 0.717) is 0 Å². The Bertz CT molecular complexity index is 671. The molecule has 2 atom stereocenters. The molecule has 1 saturated heterocycles. The first-order valence-corrected chi connectivity index (χ1v) is 8.74. The third-order valence-corrected chi connectivity index (χ3v) is 3.94. The number of alkyl carbamates (subject to hydrolysis) is 1. The van der Waals surface area contributed by atoms with Crippen molar-refractivity contribution in [2.24, 2.45) is 0 Å². The minimum atomic E-state index is -0.815. The summed E-state index contributed by atoms with van der Waals surface area (Å²) in [5.41, 5.74) is 0.166. The van der Waals surface area contributed by atoms with Crippen LogP contribution in [0.1, 0.15) is 32.8 Å². The summed E-state index contributed by atoms with van der Waals surface area (Å²) in [6, 6.07) is 8.02. The predicted molar refractivity (Wildman–Crippen MR) is 96.9 cm³/mol. The molecule has 1 aliphatic heterocycles. The summed E-state index contributed by atoms with van der Waals surface area (Å²) in [6.07, 6.45) is -1.01. The van der Waals surface area contributed by atoms with Gasteiger partial charge in [0.1, 0.15) is 18.2 Å². The second-order valence-corrected chi connectivity index (χ2v) is 7.31. The number of amides is 2. The summed E-state index contributed by atoms with van der Waals surface area (Å²) in [5, 5.41) is 2.69. The van der Waals surface area contributed by atoms with Gasteiger partial charge in [-0.25, -0.2) is 14.4 Å². The maximum Gasteiger partial charge on any atom is 0.411 e. The molecule has 1 aromatic carbocycles. The Morgan fingerprint density at radius 3 is 2.44 bits per heavy atom.